The van der Waals surface area contributed by atoms with Crippen molar-refractivity contribution in [3.05, 3.63) is 30.3 Å². The number of rotatable bonds is 7. The zero-order valence-electron chi connectivity index (χ0n) is 11.2. The van der Waals surface area contributed by atoms with Crippen molar-refractivity contribution in [1.29, 1.82) is 0 Å². The van der Waals surface area contributed by atoms with E-state index in [-0.39, 0.29) is 0 Å². The fourth-order valence-electron chi connectivity index (χ4n) is 1.36. The topological polar surface area (TPSA) is 59.6 Å². The molecule has 3 N–H and O–H groups in total. The highest BCUT2D eigenvalue weighted by Gasteiger charge is 1.95. The molecule has 4 nitrogen and oxygen atoms in total. The normalized spacial score (nSPS) is 11.8. The van der Waals surface area contributed by atoms with Gasteiger partial charge in [-0.2, -0.15) is 0 Å². The van der Waals surface area contributed by atoms with Crippen molar-refractivity contribution in [3.8, 4) is 0 Å². The SMILES string of the molecule is CC(C)CCOCCN=C(N)Nc1ccccc1. The lowest BCUT2D eigenvalue weighted by Crippen LogP contribution is -2.23. The van der Waals surface area contributed by atoms with Gasteiger partial charge >= 0.3 is 0 Å². The Morgan fingerprint density at radius 2 is 2.00 bits per heavy atom. The van der Waals surface area contributed by atoms with Crippen LogP contribution in [-0.4, -0.2) is 25.7 Å². The number of hydrogen-bond donors (Lipinski definition) is 2. The summed E-state index contributed by atoms with van der Waals surface area (Å²) in [6, 6.07) is 9.75. The molecule has 0 saturated carbocycles. The smallest absolute Gasteiger partial charge is 0.193 e. The molecule has 0 saturated heterocycles. The second kappa shape index (κ2) is 8.53. The third-order valence-electron chi connectivity index (χ3n) is 2.40. The zero-order chi connectivity index (χ0) is 13.2. The van der Waals surface area contributed by atoms with Gasteiger partial charge in [-0.25, -0.2) is 0 Å². The lowest BCUT2D eigenvalue weighted by atomic mass is 10.1. The zero-order valence-corrected chi connectivity index (χ0v) is 11.2. The van der Waals surface area contributed by atoms with Gasteiger partial charge in [0.2, 0.25) is 0 Å². The molecule has 0 heterocycles. The van der Waals surface area contributed by atoms with E-state index in [0.29, 0.717) is 25.0 Å². The van der Waals surface area contributed by atoms with Gasteiger partial charge in [0.15, 0.2) is 5.96 Å². The Bertz CT molecular complexity index is 349. The highest BCUT2D eigenvalue weighted by atomic mass is 16.5. The van der Waals surface area contributed by atoms with Gasteiger partial charge in [0, 0.05) is 12.3 Å². The Morgan fingerprint density at radius 1 is 1.28 bits per heavy atom. The van der Waals surface area contributed by atoms with Crippen molar-refractivity contribution >= 4 is 11.6 Å². The van der Waals surface area contributed by atoms with Crippen molar-refractivity contribution in [2.45, 2.75) is 20.3 Å². The Labute approximate surface area is 109 Å². The van der Waals surface area contributed by atoms with Gasteiger partial charge in [0.1, 0.15) is 0 Å². The summed E-state index contributed by atoms with van der Waals surface area (Å²) in [6.45, 7) is 6.36. The van der Waals surface area contributed by atoms with Crippen molar-refractivity contribution in [2.24, 2.45) is 16.6 Å². The van der Waals surface area contributed by atoms with E-state index in [1.54, 1.807) is 0 Å². The Hall–Kier alpha value is -1.55. The molecule has 0 fully saturated rings. The predicted octanol–water partition coefficient (Wildman–Crippen LogP) is 2.48. The summed E-state index contributed by atoms with van der Waals surface area (Å²) in [4.78, 5) is 4.19. The van der Waals surface area contributed by atoms with Gasteiger partial charge in [-0.05, 0) is 24.5 Å². The maximum Gasteiger partial charge on any atom is 0.193 e. The second-order valence-electron chi connectivity index (χ2n) is 4.55. The van der Waals surface area contributed by atoms with Crippen molar-refractivity contribution in [2.75, 3.05) is 25.1 Å². The number of ether oxygens (including phenoxy) is 1. The van der Waals surface area contributed by atoms with Crippen LogP contribution < -0.4 is 11.1 Å². The molecule has 1 aromatic carbocycles. The third-order valence-corrected chi connectivity index (χ3v) is 2.40. The predicted molar refractivity (Wildman–Crippen MR) is 76.8 cm³/mol. The number of anilines is 1. The molecule has 0 unspecified atom stereocenters. The van der Waals surface area contributed by atoms with E-state index in [1.165, 1.54) is 0 Å². The molecule has 0 aliphatic carbocycles. The molecule has 0 radical (unpaired) electrons. The molecule has 100 valence electrons. The summed E-state index contributed by atoms with van der Waals surface area (Å²) in [5.41, 5.74) is 6.70. The maximum absolute atomic E-state index is 5.75. The van der Waals surface area contributed by atoms with Crippen molar-refractivity contribution < 1.29 is 4.74 Å². The lowest BCUT2D eigenvalue weighted by molar-refractivity contribution is 0.131. The van der Waals surface area contributed by atoms with E-state index >= 15 is 0 Å². The van der Waals surface area contributed by atoms with Crippen molar-refractivity contribution in [1.82, 2.24) is 0 Å². The summed E-state index contributed by atoms with van der Waals surface area (Å²) >= 11 is 0. The minimum absolute atomic E-state index is 0.425. The van der Waals surface area contributed by atoms with Crippen LogP contribution in [0.15, 0.2) is 35.3 Å². The summed E-state index contributed by atoms with van der Waals surface area (Å²) in [6.07, 6.45) is 1.08. The van der Waals surface area contributed by atoms with Crippen LogP contribution in [0.2, 0.25) is 0 Å². The minimum atomic E-state index is 0.425. The Balaban J connectivity index is 2.14. The molecule has 0 aromatic heterocycles. The number of aliphatic imine (C=N–C) groups is 1. The summed E-state index contributed by atoms with van der Waals surface area (Å²) < 4.78 is 5.45. The molecule has 0 spiro atoms. The van der Waals surface area contributed by atoms with Crippen molar-refractivity contribution in [3.63, 3.8) is 0 Å². The molecule has 0 amide bonds. The first kappa shape index (κ1) is 14.5. The molecule has 0 aliphatic rings. The molecule has 0 aliphatic heterocycles. The Morgan fingerprint density at radius 3 is 2.67 bits per heavy atom. The first-order valence-corrected chi connectivity index (χ1v) is 6.38. The van der Waals surface area contributed by atoms with Crippen LogP contribution in [0.3, 0.4) is 0 Å². The largest absolute Gasteiger partial charge is 0.380 e. The molecular formula is C14H23N3O. The van der Waals surface area contributed by atoms with Crippen LogP contribution in [0.5, 0.6) is 0 Å². The fourth-order valence-corrected chi connectivity index (χ4v) is 1.36. The highest BCUT2D eigenvalue weighted by molar-refractivity contribution is 5.92. The van der Waals surface area contributed by atoms with Gasteiger partial charge in [0.25, 0.3) is 0 Å². The molecule has 1 rings (SSSR count). The minimum Gasteiger partial charge on any atom is -0.380 e. The molecule has 1 aromatic rings. The van der Waals surface area contributed by atoms with Crippen LogP contribution in [0.4, 0.5) is 5.69 Å². The average molecular weight is 249 g/mol. The van der Waals surface area contributed by atoms with Crippen LogP contribution >= 0.6 is 0 Å². The molecule has 18 heavy (non-hydrogen) atoms. The van der Waals surface area contributed by atoms with Gasteiger partial charge < -0.3 is 15.8 Å². The third kappa shape index (κ3) is 6.91. The lowest BCUT2D eigenvalue weighted by Gasteiger charge is -2.06. The first-order valence-electron chi connectivity index (χ1n) is 6.38. The monoisotopic (exact) mass is 249 g/mol. The summed E-state index contributed by atoms with van der Waals surface area (Å²) in [5.74, 6) is 1.10. The quantitative estimate of drug-likeness (QED) is 0.443. The molecule has 0 bridgehead atoms. The Kier molecular flexibility index (Phi) is 6.87. The summed E-state index contributed by atoms with van der Waals surface area (Å²) in [7, 11) is 0. The van der Waals surface area contributed by atoms with E-state index in [0.717, 1.165) is 18.7 Å². The van der Waals surface area contributed by atoms with Gasteiger partial charge in [-0.15, -0.1) is 0 Å². The molecular weight excluding hydrogens is 226 g/mol. The number of guanidine groups is 1. The number of benzene rings is 1. The van der Waals surface area contributed by atoms with Crippen LogP contribution in [0.25, 0.3) is 0 Å². The fraction of sp³-hybridized carbons (Fsp3) is 0.500. The van der Waals surface area contributed by atoms with E-state index in [1.807, 2.05) is 30.3 Å². The van der Waals surface area contributed by atoms with Gasteiger partial charge in [-0.3, -0.25) is 4.99 Å². The van der Waals surface area contributed by atoms with E-state index in [9.17, 15) is 0 Å². The average Bonchev–Trinajstić information content (AvgIpc) is 2.34. The van der Waals surface area contributed by atoms with Crippen LogP contribution in [0, 0.1) is 5.92 Å². The maximum atomic E-state index is 5.75. The summed E-state index contributed by atoms with van der Waals surface area (Å²) in [5, 5.41) is 3.02. The number of hydrogen-bond acceptors (Lipinski definition) is 2. The van der Waals surface area contributed by atoms with E-state index < -0.39 is 0 Å². The highest BCUT2D eigenvalue weighted by Crippen LogP contribution is 2.03. The van der Waals surface area contributed by atoms with Gasteiger partial charge in [0.05, 0.1) is 13.2 Å². The molecule has 4 heteroatoms. The number of nitrogens with one attached hydrogen (secondary N) is 1. The first-order chi connectivity index (χ1) is 8.68. The van der Waals surface area contributed by atoms with Crippen LogP contribution in [-0.2, 0) is 4.74 Å². The standard InChI is InChI=1S/C14H23N3O/c1-12(2)8-10-18-11-9-16-14(15)17-13-6-4-3-5-7-13/h3-7,12H,8-11H2,1-2H3,(H3,15,16,17). The number of para-hydroxylation sites is 1. The second-order valence-corrected chi connectivity index (χ2v) is 4.55. The number of nitrogens with zero attached hydrogens (tertiary/aromatic N) is 1. The van der Waals surface area contributed by atoms with E-state index in [4.69, 9.17) is 10.5 Å². The molecule has 0 atom stereocenters. The number of nitrogens with two attached hydrogens (primary N) is 1. The van der Waals surface area contributed by atoms with Gasteiger partial charge in [-0.1, -0.05) is 32.0 Å². The van der Waals surface area contributed by atoms with E-state index in [2.05, 4.69) is 24.2 Å². The van der Waals surface area contributed by atoms with Crippen LogP contribution in [0.1, 0.15) is 20.3 Å².